The zero-order chi connectivity index (χ0) is 16.1. The van der Waals surface area contributed by atoms with E-state index >= 15 is 0 Å². The third kappa shape index (κ3) is 4.19. The molecule has 0 aliphatic carbocycles. The second-order valence-corrected chi connectivity index (χ2v) is 6.22. The molecule has 2 aromatic heterocycles. The van der Waals surface area contributed by atoms with Gasteiger partial charge in [-0.2, -0.15) is 5.26 Å². The first-order chi connectivity index (χ1) is 11.2. The molecule has 1 fully saturated rings. The van der Waals surface area contributed by atoms with E-state index in [9.17, 15) is 0 Å². The molecule has 0 amide bonds. The van der Waals surface area contributed by atoms with Crippen LogP contribution in [0.1, 0.15) is 23.2 Å². The Morgan fingerprint density at radius 2 is 1.87 bits per heavy atom. The van der Waals surface area contributed by atoms with Crippen LogP contribution in [0, 0.1) is 11.3 Å². The van der Waals surface area contributed by atoms with Crippen LogP contribution < -0.4 is 0 Å². The van der Waals surface area contributed by atoms with Crippen molar-refractivity contribution in [2.75, 3.05) is 26.2 Å². The van der Waals surface area contributed by atoms with Gasteiger partial charge in [-0.15, -0.1) is 0 Å². The molecule has 0 bridgehead atoms. The molecule has 0 aromatic carbocycles. The highest BCUT2D eigenvalue weighted by Gasteiger charge is 2.16. The van der Waals surface area contributed by atoms with Gasteiger partial charge >= 0.3 is 0 Å². The van der Waals surface area contributed by atoms with Crippen LogP contribution in [0.5, 0.6) is 0 Å². The maximum Gasteiger partial charge on any atom is 0.120 e. The van der Waals surface area contributed by atoms with Gasteiger partial charge in [0.05, 0.1) is 0 Å². The maximum atomic E-state index is 9.06. The fraction of sp³-hybridized carbons (Fsp3) is 0.444. The highest BCUT2D eigenvalue weighted by atomic mass is 15.2. The molecule has 2 aromatic rings. The highest BCUT2D eigenvalue weighted by molar-refractivity contribution is 5.28. The van der Waals surface area contributed by atoms with Crippen molar-refractivity contribution < 1.29 is 0 Å². The second-order valence-electron chi connectivity index (χ2n) is 6.22. The van der Waals surface area contributed by atoms with Gasteiger partial charge in [-0.05, 0) is 42.8 Å². The van der Waals surface area contributed by atoms with E-state index in [0.717, 1.165) is 45.0 Å². The van der Waals surface area contributed by atoms with Crippen molar-refractivity contribution in [3.8, 4) is 6.07 Å². The summed E-state index contributed by atoms with van der Waals surface area (Å²) in [5.41, 5.74) is 3.24. The van der Waals surface area contributed by atoms with Gasteiger partial charge in [0, 0.05) is 51.8 Å². The zero-order valence-corrected chi connectivity index (χ0v) is 13.6. The predicted molar refractivity (Wildman–Crippen MR) is 89.5 cm³/mol. The molecule has 1 aliphatic rings. The number of aromatic nitrogens is 2. The minimum atomic E-state index is 0.730. The van der Waals surface area contributed by atoms with Gasteiger partial charge < -0.3 is 4.57 Å². The van der Waals surface area contributed by atoms with E-state index < -0.39 is 0 Å². The molecule has 5 heteroatoms. The van der Waals surface area contributed by atoms with Gasteiger partial charge in [-0.1, -0.05) is 6.07 Å². The third-order valence-corrected chi connectivity index (χ3v) is 4.39. The van der Waals surface area contributed by atoms with Crippen LogP contribution in [0.4, 0.5) is 0 Å². The summed E-state index contributed by atoms with van der Waals surface area (Å²) in [6.07, 6.45) is 7.02. The number of hydrogen-bond donors (Lipinski definition) is 0. The molecule has 0 unspecified atom stereocenters. The van der Waals surface area contributed by atoms with Gasteiger partial charge in [0.15, 0.2) is 0 Å². The molecule has 3 rings (SSSR count). The van der Waals surface area contributed by atoms with Crippen LogP contribution in [-0.4, -0.2) is 45.5 Å². The fourth-order valence-electron chi connectivity index (χ4n) is 3.18. The molecule has 0 N–H and O–H groups in total. The Bertz CT molecular complexity index is 670. The minimum Gasteiger partial charge on any atom is -0.342 e. The summed E-state index contributed by atoms with van der Waals surface area (Å²) < 4.78 is 1.90. The van der Waals surface area contributed by atoms with E-state index in [4.69, 9.17) is 5.26 Å². The summed E-state index contributed by atoms with van der Waals surface area (Å²) in [6, 6.07) is 8.37. The summed E-state index contributed by atoms with van der Waals surface area (Å²) in [4.78, 5) is 9.19. The average Bonchev–Trinajstić information content (AvgIpc) is 2.77. The number of aryl methyl sites for hydroxylation is 1. The van der Waals surface area contributed by atoms with Crippen molar-refractivity contribution in [2.24, 2.45) is 7.05 Å². The van der Waals surface area contributed by atoms with E-state index in [1.54, 1.807) is 0 Å². The quantitative estimate of drug-likeness (QED) is 0.867. The second kappa shape index (κ2) is 7.40. The van der Waals surface area contributed by atoms with Crippen LogP contribution in [0.3, 0.4) is 0 Å². The van der Waals surface area contributed by atoms with Crippen molar-refractivity contribution in [1.29, 1.82) is 5.26 Å². The normalized spacial score (nSPS) is 16.9. The Labute approximate surface area is 137 Å². The first-order valence-electron chi connectivity index (χ1n) is 8.13. The van der Waals surface area contributed by atoms with E-state index in [-0.39, 0.29) is 0 Å². The number of rotatable bonds is 4. The average molecular weight is 309 g/mol. The zero-order valence-electron chi connectivity index (χ0n) is 13.6. The summed E-state index contributed by atoms with van der Waals surface area (Å²) >= 11 is 0. The molecule has 0 atom stereocenters. The highest BCUT2D eigenvalue weighted by Crippen LogP contribution is 2.13. The summed E-state index contributed by atoms with van der Waals surface area (Å²) in [7, 11) is 1.93. The van der Waals surface area contributed by atoms with Gasteiger partial charge in [0.1, 0.15) is 11.8 Å². The SMILES string of the molecule is Cn1cc(CN2CCCN(Cc3cccnc3)CC2)cc1C#N. The first-order valence-corrected chi connectivity index (χ1v) is 8.13. The Kier molecular flexibility index (Phi) is 5.06. The number of pyridine rings is 1. The Morgan fingerprint density at radius 3 is 2.48 bits per heavy atom. The topological polar surface area (TPSA) is 48.1 Å². The summed E-state index contributed by atoms with van der Waals surface area (Å²) in [5.74, 6) is 0. The smallest absolute Gasteiger partial charge is 0.120 e. The molecule has 5 nitrogen and oxygen atoms in total. The minimum absolute atomic E-state index is 0.730. The monoisotopic (exact) mass is 309 g/mol. The molecule has 1 aliphatic heterocycles. The van der Waals surface area contributed by atoms with Crippen molar-refractivity contribution in [1.82, 2.24) is 19.4 Å². The fourth-order valence-corrected chi connectivity index (χ4v) is 3.18. The lowest BCUT2D eigenvalue weighted by Gasteiger charge is -2.21. The van der Waals surface area contributed by atoms with Crippen molar-refractivity contribution in [2.45, 2.75) is 19.5 Å². The van der Waals surface area contributed by atoms with Gasteiger partial charge in [-0.25, -0.2) is 0 Å². The summed E-state index contributed by atoms with van der Waals surface area (Å²) in [6.45, 7) is 6.29. The van der Waals surface area contributed by atoms with Crippen LogP contribution in [0.25, 0.3) is 0 Å². The van der Waals surface area contributed by atoms with Gasteiger partial charge in [0.25, 0.3) is 0 Å². The Hall–Kier alpha value is -2.16. The molecule has 3 heterocycles. The molecule has 1 saturated heterocycles. The van der Waals surface area contributed by atoms with E-state index in [2.05, 4.69) is 33.1 Å². The molecule has 0 saturated carbocycles. The van der Waals surface area contributed by atoms with Crippen molar-refractivity contribution >= 4 is 0 Å². The lowest BCUT2D eigenvalue weighted by molar-refractivity contribution is 0.247. The number of nitriles is 1. The predicted octanol–water partition coefficient (Wildman–Crippen LogP) is 2.00. The first kappa shape index (κ1) is 15.7. The van der Waals surface area contributed by atoms with Crippen LogP contribution >= 0.6 is 0 Å². The van der Waals surface area contributed by atoms with E-state index in [1.165, 1.54) is 17.5 Å². The molecule has 0 spiro atoms. The van der Waals surface area contributed by atoms with Crippen molar-refractivity contribution in [3.63, 3.8) is 0 Å². The molecule has 23 heavy (non-hydrogen) atoms. The molecule has 0 radical (unpaired) electrons. The van der Waals surface area contributed by atoms with Crippen molar-refractivity contribution in [3.05, 3.63) is 53.6 Å². The summed E-state index contributed by atoms with van der Waals surface area (Å²) in [5, 5.41) is 9.06. The molecular formula is C18H23N5. The van der Waals surface area contributed by atoms with Gasteiger partial charge in [0.2, 0.25) is 0 Å². The number of nitrogens with zero attached hydrogens (tertiary/aromatic N) is 5. The lowest BCUT2D eigenvalue weighted by atomic mass is 10.2. The van der Waals surface area contributed by atoms with Crippen LogP contribution in [0.15, 0.2) is 36.8 Å². The number of hydrogen-bond acceptors (Lipinski definition) is 4. The van der Waals surface area contributed by atoms with Gasteiger partial charge in [-0.3, -0.25) is 14.8 Å². The Morgan fingerprint density at radius 1 is 1.13 bits per heavy atom. The molecule has 120 valence electrons. The largest absolute Gasteiger partial charge is 0.342 e. The molecular weight excluding hydrogens is 286 g/mol. The standard InChI is InChI=1S/C18H23N5/c1-21-13-17(10-18(21)11-19)15-23-7-3-6-22(8-9-23)14-16-4-2-5-20-12-16/h2,4-5,10,12-13H,3,6-9,14-15H2,1H3. The van der Waals surface area contributed by atoms with E-state index in [1.807, 2.05) is 36.1 Å². The Balaban J connectivity index is 1.55. The third-order valence-electron chi connectivity index (χ3n) is 4.39. The van der Waals surface area contributed by atoms with Crippen LogP contribution in [0.2, 0.25) is 0 Å². The maximum absolute atomic E-state index is 9.06. The lowest BCUT2D eigenvalue weighted by Crippen LogP contribution is -2.30. The van der Waals surface area contributed by atoms with E-state index in [0.29, 0.717) is 0 Å². The van der Waals surface area contributed by atoms with Crippen LogP contribution in [-0.2, 0) is 20.1 Å².